The Hall–Kier alpha value is -2.12. The van der Waals surface area contributed by atoms with Crippen molar-refractivity contribution in [2.45, 2.75) is 25.6 Å². The van der Waals surface area contributed by atoms with Gasteiger partial charge in [-0.1, -0.05) is 0 Å². The molecule has 0 aromatic carbocycles. The van der Waals surface area contributed by atoms with Crippen molar-refractivity contribution < 1.29 is 9.90 Å². The normalized spacial score (nSPS) is 16.3. The van der Waals surface area contributed by atoms with E-state index in [0.717, 1.165) is 18.7 Å². The summed E-state index contributed by atoms with van der Waals surface area (Å²) in [7, 11) is 3.84. The van der Waals surface area contributed by atoms with Gasteiger partial charge in [-0.3, -0.25) is 9.48 Å². The molecule has 0 fully saturated rings. The quantitative estimate of drug-likeness (QED) is 0.876. The number of aromatic nitrogens is 3. The molecule has 23 heavy (non-hydrogen) atoms. The first-order valence-electron chi connectivity index (χ1n) is 7.86. The van der Waals surface area contributed by atoms with Gasteiger partial charge in [0.2, 0.25) is 0 Å². The van der Waals surface area contributed by atoms with Crippen LogP contribution in [0.15, 0.2) is 24.5 Å². The van der Waals surface area contributed by atoms with Gasteiger partial charge in [0.15, 0.2) is 0 Å². The Balaban J connectivity index is 1.77. The number of hydrogen-bond acceptors (Lipinski definition) is 4. The predicted octanol–water partition coefficient (Wildman–Crippen LogP) is 0.852. The second-order valence-electron chi connectivity index (χ2n) is 6.24. The molecule has 1 amide bonds. The van der Waals surface area contributed by atoms with Crippen LogP contribution >= 0.6 is 0 Å². The highest BCUT2D eigenvalue weighted by molar-refractivity contribution is 5.94. The lowest BCUT2D eigenvalue weighted by Crippen LogP contribution is -2.30. The van der Waals surface area contributed by atoms with E-state index in [1.54, 1.807) is 18.5 Å². The van der Waals surface area contributed by atoms with Crippen molar-refractivity contribution in [1.82, 2.24) is 24.6 Å². The van der Waals surface area contributed by atoms with Gasteiger partial charge in [0.25, 0.3) is 5.91 Å². The molecule has 2 aromatic heterocycles. The lowest BCUT2D eigenvalue weighted by atomic mass is 10.2. The minimum atomic E-state index is -0.613. The van der Waals surface area contributed by atoms with Crippen LogP contribution in [-0.2, 0) is 13.1 Å². The van der Waals surface area contributed by atoms with Crippen LogP contribution in [0.2, 0.25) is 0 Å². The van der Waals surface area contributed by atoms with Crippen molar-refractivity contribution in [1.29, 1.82) is 0 Å². The number of carbonyl (C=O) groups excluding carboxylic acids is 1. The molecule has 1 aliphatic rings. The highest BCUT2D eigenvalue weighted by Crippen LogP contribution is 2.19. The Bertz CT molecular complexity index is 662. The molecule has 0 spiro atoms. The minimum absolute atomic E-state index is 0.0243. The molecule has 7 heteroatoms. The smallest absolute Gasteiger partial charge is 0.255 e. The summed E-state index contributed by atoms with van der Waals surface area (Å²) in [4.78, 5) is 19.2. The largest absolute Gasteiger partial charge is 0.385 e. The van der Waals surface area contributed by atoms with E-state index < -0.39 is 6.10 Å². The summed E-state index contributed by atoms with van der Waals surface area (Å²) >= 11 is 0. The maximum Gasteiger partial charge on any atom is 0.255 e. The summed E-state index contributed by atoms with van der Waals surface area (Å²) < 4.78 is 1.92. The molecule has 0 saturated carbocycles. The molecule has 0 aliphatic carbocycles. The Morgan fingerprint density at radius 1 is 1.48 bits per heavy atom. The Morgan fingerprint density at radius 3 is 3.00 bits per heavy atom. The Labute approximate surface area is 135 Å². The second-order valence-corrected chi connectivity index (χ2v) is 6.24. The van der Waals surface area contributed by atoms with Crippen LogP contribution in [0.5, 0.6) is 0 Å². The van der Waals surface area contributed by atoms with Crippen molar-refractivity contribution in [3.63, 3.8) is 0 Å². The number of carbonyl (C=O) groups is 1. The number of rotatable bonds is 4. The molecule has 0 saturated heterocycles. The zero-order valence-corrected chi connectivity index (χ0v) is 13.6. The van der Waals surface area contributed by atoms with E-state index in [2.05, 4.69) is 10.1 Å². The molecule has 0 radical (unpaired) electrons. The van der Waals surface area contributed by atoms with E-state index in [0.29, 0.717) is 30.9 Å². The third kappa shape index (κ3) is 3.46. The molecule has 2 aromatic rings. The molecule has 3 heterocycles. The van der Waals surface area contributed by atoms with Gasteiger partial charge in [-0.2, -0.15) is 5.10 Å². The fourth-order valence-electron chi connectivity index (χ4n) is 2.90. The van der Waals surface area contributed by atoms with Crippen molar-refractivity contribution in [2.75, 3.05) is 27.2 Å². The molecular weight excluding hydrogens is 294 g/mol. The molecule has 7 nitrogen and oxygen atoms in total. The number of hydrogen-bond donors (Lipinski definition) is 2. The number of aliphatic hydroxyl groups is 1. The van der Waals surface area contributed by atoms with Gasteiger partial charge in [-0.15, -0.1) is 0 Å². The van der Waals surface area contributed by atoms with Crippen LogP contribution in [-0.4, -0.2) is 62.8 Å². The maximum absolute atomic E-state index is 12.5. The van der Waals surface area contributed by atoms with Crippen LogP contribution in [0, 0.1) is 0 Å². The number of amides is 1. The van der Waals surface area contributed by atoms with Gasteiger partial charge in [0.05, 0.1) is 23.5 Å². The molecule has 0 bridgehead atoms. The van der Waals surface area contributed by atoms with Crippen LogP contribution in [0.1, 0.15) is 34.3 Å². The monoisotopic (exact) mass is 317 g/mol. The zero-order chi connectivity index (χ0) is 16.4. The van der Waals surface area contributed by atoms with E-state index in [-0.39, 0.29) is 5.91 Å². The summed E-state index contributed by atoms with van der Waals surface area (Å²) in [6.45, 7) is 2.53. The number of aromatic amines is 1. The maximum atomic E-state index is 12.5. The van der Waals surface area contributed by atoms with Crippen molar-refractivity contribution >= 4 is 5.91 Å². The lowest BCUT2D eigenvalue weighted by molar-refractivity contribution is 0.0746. The average Bonchev–Trinajstić information content (AvgIpc) is 3.12. The topological polar surface area (TPSA) is 77.4 Å². The Kier molecular flexibility index (Phi) is 4.49. The SMILES string of the molecule is CN(C)C[C@@H](O)c1cc2n(n1)CCCN(C(=O)c1cc[nH]c1)C2. The van der Waals surface area contributed by atoms with Gasteiger partial charge < -0.3 is 19.9 Å². The van der Waals surface area contributed by atoms with Gasteiger partial charge >= 0.3 is 0 Å². The van der Waals surface area contributed by atoms with E-state index in [1.807, 2.05) is 34.6 Å². The average molecular weight is 317 g/mol. The van der Waals surface area contributed by atoms with Crippen LogP contribution < -0.4 is 0 Å². The number of fused-ring (bicyclic) bond motifs is 1. The molecule has 0 unspecified atom stereocenters. The Morgan fingerprint density at radius 2 is 2.30 bits per heavy atom. The summed E-state index contributed by atoms with van der Waals surface area (Å²) in [6.07, 6.45) is 3.72. The van der Waals surface area contributed by atoms with Crippen LogP contribution in [0.25, 0.3) is 0 Å². The van der Waals surface area contributed by atoms with Crippen LogP contribution in [0.4, 0.5) is 0 Å². The molecule has 2 N–H and O–H groups in total. The predicted molar refractivity (Wildman–Crippen MR) is 85.9 cm³/mol. The first-order valence-corrected chi connectivity index (χ1v) is 7.86. The number of nitrogens with one attached hydrogen (secondary N) is 1. The number of aryl methyl sites for hydroxylation is 1. The third-order valence-electron chi connectivity index (χ3n) is 4.04. The summed E-state index contributed by atoms with van der Waals surface area (Å²) in [5.74, 6) is 0.0243. The molecule has 3 rings (SSSR count). The van der Waals surface area contributed by atoms with Gasteiger partial charge in [-0.05, 0) is 32.6 Å². The number of aliphatic hydroxyl groups excluding tert-OH is 1. The second kappa shape index (κ2) is 6.55. The molecule has 1 atom stereocenters. The van der Waals surface area contributed by atoms with E-state index in [9.17, 15) is 9.90 Å². The number of H-pyrrole nitrogens is 1. The van der Waals surface area contributed by atoms with E-state index >= 15 is 0 Å². The van der Waals surface area contributed by atoms with Crippen LogP contribution in [0.3, 0.4) is 0 Å². The van der Waals surface area contributed by atoms with Gasteiger partial charge in [0, 0.05) is 32.0 Å². The van der Waals surface area contributed by atoms with Crippen molar-refractivity contribution in [2.24, 2.45) is 0 Å². The third-order valence-corrected chi connectivity index (χ3v) is 4.04. The molecule has 124 valence electrons. The highest BCUT2D eigenvalue weighted by atomic mass is 16.3. The standard InChI is InChI=1S/C16H23N5O2/c1-19(2)11-15(22)14-8-13-10-20(6-3-7-21(13)18-14)16(23)12-4-5-17-9-12/h4-5,8-9,15,17,22H,3,6-7,10-11H2,1-2H3/t15-/m1/s1. The summed E-state index contributed by atoms with van der Waals surface area (Å²) in [5.41, 5.74) is 2.31. The van der Waals surface area contributed by atoms with Crippen molar-refractivity contribution in [3.8, 4) is 0 Å². The number of nitrogens with zero attached hydrogens (tertiary/aromatic N) is 4. The molecular formula is C16H23N5O2. The number of likely N-dealkylation sites (N-methyl/N-ethyl adjacent to an activating group) is 1. The van der Waals surface area contributed by atoms with E-state index in [4.69, 9.17) is 0 Å². The van der Waals surface area contributed by atoms with Gasteiger partial charge in [0.1, 0.15) is 6.10 Å². The van der Waals surface area contributed by atoms with E-state index in [1.165, 1.54) is 0 Å². The highest BCUT2D eigenvalue weighted by Gasteiger charge is 2.23. The minimum Gasteiger partial charge on any atom is -0.385 e. The summed E-state index contributed by atoms with van der Waals surface area (Å²) in [5, 5.41) is 14.7. The lowest BCUT2D eigenvalue weighted by Gasteiger charge is -2.19. The van der Waals surface area contributed by atoms with Gasteiger partial charge in [-0.25, -0.2) is 0 Å². The summed E-state index contributed by atoms with van der Waals surface area (Å²) in [6, 6.07) is 3.70. The first-order chi connectivity index (χ1) is 11.0. The first kappa shape index (κ1) is 15.8. The van der Waals surface area contributed by atoms with Crippen molar-refractivity contribution in [3.05, 3.63) is 41.5 Å². The zero-order valence-electron chi connectivity index (χ0n) is 13.6. The fourth-order valence-corrected chi connectivity index (χ4v) is 2.90. The molecule has 1 aliphatic heterocycles. The fraction of sp³-hybridized carbons (Fsp3) is 0.500.